The van der Waals surface area contributed by atoms with Crippen molar-refractivity contribution in [1.29, 1.82) is 0 Å². The van der Waals surface area contributed by atoms with Crippen molar-refractivity contribution in [3.8, 4) is 0 Å². The summed E-state index contributed by atoms with van der Waals surface area (Å²) in [6.45, 7) is 6.17. The van der Waals surface area contributed by atoms with Crippen LogP contribution in [0.4, 0.5) is 11.4 Å². The van der Waals surface area contributed by atoms with Crippen molar-refractivity contribution >= 4 is 28.9 Å². The van der Waals surface area contributed by atoms with Crippen molar-refractivity contribution in [2.75, 3.05) is 5.32 Å². The van der Waals surface area contributed by atoms with Gasteiger partial charge in [0.05, 0.1) is 10.7 Å². The fourth-order valence-electron chi connectivity index (χ4n) is 1.90. The molecule has 0 aliphatic carbocycles. The lowest BCUT2D eigenvalue weighted by molar-refractivity contribution is -0.128. The summed E-state index contributed by atoms with van der Waals surface area (Å²) < 4.78 is 0. The van der Waals surface area contributed by atoms with E-state index < -0.39 is 5.41 Å². The Balaban J connectivity index is 2.08. The minimum Gasteiger partial charge on any atom is -0.354 e. The van der Waals surface area contributed by atoms with E-state index in [9.17, 15) is 4.79 Å². The third-order valence-corrected chi connectivity index (χ3v) is 3.55. The van der Waals surface area contributed by atoms with Gasteiger partial charge in [0, 0.05) is 17.6 Å². The molecule has 0 bridgehead atoms. The first-order chi connectivity index (χ1) is 10.4. The average molecular weight is 317 g/mol. The Bertz CT molecular complexity index is 648. The van der Waals surface area contributed by atoms with Crippen LogP contribution in [0.5, 0.6) is 0 Å². The van der Waals surface area contributed by atoms with E-state index in [0.717, 1.165) is 16.9 Å². The molecule has 2 aromatic rings. The fourth-order valence-corrected chi connectivity index (χ4v) is 2.07. The number of hydrogen-bond acceptors (Lipinski definition) is 2. The molecule has 0 atom stereocenters. The van der Waals surface area contributed by atoms with Crippen LogP contribution in [0, 0.1) is 5.41 Å². The monoisotopic (exact) mass is 316 g/mol. The second-order valence-electron chi connectivity index (χ2n) is 6.24. The lowest BCUT2D eigenvalue weighted by Crippen LogP contribution is -2.34. The van der Waals surface area contributed by atoms with Crippen molar-refractivity contribution in [2.45, 2.75) is 27.3 Å². The number of para-hydroxylation sites is 1. The van der Waals surface area contributed by atoms with Crippen molar-refractivity contribution in [2.24, 2.45) is 5.41 Å². The molecule has 116 valence electrons. The maximum absolute atomic E-state index is 11.9. The predicted molar refractivity (Wildman–Crippen MR) is 92.5 cm³/mol. The van der Waals surface area contributed by atoms with Gasteiger partial charge in [0.2, 0.25) is 5.91 Å². The first-order valence-electron chi connectivity index (χ1n) is 7.25. The Hall–Kier alpha value is -2.00. The van der Waals surface area contributed by atoms with Gasteiger partial charge < -0.3 is 10.6 Å². The van der Waals surface area contributed by atoms with Crippen molar-refractivity contribution in [1.82, 2.24) is 5.32 Å². The van der Waals surface area contributed by atoms with Crippen LogP contribution in [0.3, 0.4) is 0 Å². The van der Waals surface area contributed by atoms with Crippen LogP contribution in [-0.2, 0) is 11.3 Å². The summed E-state index contributed by atoms with van der Waals surface area (Å²) in [5.41, 5.74) is 2.41. The zero-order valence-electron chi connectivity index (χ0n) is 13.1. The number of nitrogens with one attached hydrogen (secondary N) is 2. The molecule has 0 heterocycles. The number of benzene rings is 2. The van der Waals surface area contributed by atoms with Gasteiger partial charge in [-0.05, 0) is 29.8 Å². The third-order valence-electron chi connectivity index (χ3n) is 3.22. The average Bonchev–Trinajstić information content (AvgIpc) is 2.48. The zero-order valence-corrected chi connectivity index (χ0v) is 13.9. The number of anilines is 2. The van der Waals surface area contributed by atoms with Gasteiger partial charge in [-0.15, -0.1) is 0 Å². The number of carbonyl (C=O) groups excluding carboxylic acids is 1. The van der Waals surface area contributed by atoms with E-state index in [4.69, 9.17) is 11.6 Å². The molecule has 22 heavy (non-hydrogen) atoms. The van der Waals surface area contributed by atoms with Crippen LogP contribution < -0.4 is 10.6 Å². The number of carbonyl (C=O) groups is 1. The largest absolute Gasteiger partial charge is 0.354 e. The van der Waals surface area contributed by atoms with Crippen LogP contribution in [0.1, 0.15) is 26.3 Å². The highest BCUT2D eigenvalue weighted by Gasteiger charge is 2.20. The van der Waals surface area contributed by atoms with Crippen molar-refractivity contribution in [3.05, 3.63) is 59.1 Å². The molecular weight excluding hydrogens is 296 g/mol. The quantitative estimate of drug-likeness (QED) is 0.855. The van der Waals surface area contributed by atoms with E-state index in [1.807, 2.05) is 69.3 Å². The maximum Gasteiger partial charge on any atom is 0.225 e. The molecule has 0 aliphatic heterocycles. The van der Waals surface area contributed by atoms with Crippen LogP contribution >= 0.6 is 11.6 Å². The summed E-state index contributed by atoms with van der Waals surface area (Å²) in [4.78, 5) is 11.9. The highest BCUT2D eigenvalue weighted by Crippen LogP contribution is 2.26. The maximum atomic E-state index is 11.9. The molecular formula is C18H21ClN2O. The summed E-state index contributed by atoms with van der Waals surface area (Å²) in [6, 6.07) is 15.6. The summed E-state index contributed by atoms with van der Waals surface area (Å²) in [5.74, 6) is 0.0278. The molecule has 0 fully saturated rings. The molecule has 0 aliphatic rings. The van der Waals surface area contributed by atoms with Gasteiger partial charge in [-0.3, -0.25) is 4.79 Å². The Morgan fingerprint density at radius 2 is 1.77 bits per heavy atom. The lowest BCUT2D eigenvalue weighted by Gasteiger charge is -2.18. The highest BCUT2D eigenvalue weighted by molar-refractivity contribution is 6.33. The van der Waals surface area contributed by atoms with E-state index in [1.165, 1.54) is 0 Å². The first kappa shape index (κ1) is 16.4. The molecule has 2 rings (SSSR count). The summed E-state index contributed by atoms with van der Waals surface area (Å²) in [5, 5.41) is 6.87. The summed E-state index contributed by atoms with van der Waals surface area (Å²) >= 11 is 6.23. The van der Waals surface area contributed by atoms with Crippen LogP contribution in [-0.4, -0.2) is 5.91 Å². The molecule has 4 heteroatoms. The molecule has 0 saturated carbocycles. The second kappa shape index (κ2) is 6.84. The molecule has 0 aromatic heterocycles. The van der Waals surface area contributed by atoms with E-state index in [1.54, 1.807) is 0 Å². The van der Waals surface area contributed by atoms with Gasteiger partial charge in [-0.2, -0.15) is 0 Å². The van der Waals surface area contributed by atoms with E-state index in [-0.39, 0.29) is 5.91 Å². The van der Waals surface area contributed by atoms with E-state index >= 15 is 0 Å². The molecule has 2 aromatic carbocycles. The van der Waals surface area contributed by atoms with E-state index in [0.29, 0.717) is 11.6 Å². The molecule has 0 saturated heterocycles. The fraction of sp³-hybridized carbons (Fsp3) is 0.278. The van der Waals surface area contributed by atoms with Gasteiger partial charge >= 0.3 is 0 Å². The molecule has 2 N–H and O–H groups in total. The van der Waals surface area contributed by atoms with Gasteiger partial charge in [0.25, 0.3) is 0 Å². The normalized spacial score (nSPS) is 11.1. The van der Waals surface area contributed by atoms with E-state index in [2.05, 4.69) is 10.6 Å². The number of halogens is 1. The highest BCUT2D eigenvalue weighted by atomic mass is 35.5. The Morgan fingerprint density at radius 3 is 2.41 bits per heavy atom. The number of hydrogen-bond donors (Lipinski definition) is 2. The predicted octanol–water partition coefficient (Wildman–Crippen LogP) is 4.75. The first-order valence-corrected chi connectivity index (χ1v) is 7.63. The zero-order chi connectivity index (χ0) is 16.2. The SMILES string of the molecule is CC(C)(C)C(=O)NCc1ccc(Cl)c(Nc2ccccc2)c1. The van der Waals surface area contributed by atoms with Gasteiger partial charge in [0.1, 0.15) is 0 Å². The molecule has 1 amide bonds. The Labute approximate surface area is 136 Å². The third kappa shape index (κ3) is 4.50. The Morgan fingerprint density at radius 1 is 1.09 bits per heavy atom. The smallest absolute Gasteiger partial charge is 0.225 e. The van der Waals surface area contributed by atoms with Crippen LogP contribution in [0.25, 0.3) is 0 Å². The van der Waals surface area contributed by atoms with Gasteiger partial charge in [-0.1, -0.05) is 56.6 Å². The molecule has 3 nitrogen and oxygen atoms in total. The molecule has 0 unspecified atom stereocenters. The lowest BCUT2D eigenvalue weighted by atomic mass is 9.95. The number of amides is 1. The van der Waals surface area contributed by atoms with Gasteiger partial charge in [0.15, 0.2) is 0 Å². The van der Waals surface area contributed by atoms with Crippen LogP contribution in [0.15, 0.2) is 48.5 Å². The molecule has 0 radical (unpaired) electrons. The number of rotatable bonds is 4. The minimum atomic E-state index is -0.391. The molecule has 0 spiro atoms. The Kier molecular flexibility index (Phi) is 5.09. The van der Waals surface area contributed by atoms with Crippen molar-refractivity contribution < 1.29 is 4.79 Å². The second-order valence-corrected chi connectivity index (χ2v) is 6.65. The van der Waals surface area contributed by atoms with Crippen molar-refractivity contribution in [3.63, 3.8) is 0 Å². The summed E-state index contributed by atoms with van der Waals surface area (Å²) in [6.07, 6.45) is 0. The van der Waals surface area contributed by atoms with Gasteiger partial charge in [-0.25, -0.2) is 0 Å². The van der Waals surface area contributed by atoms with Crippen LogP contribution in [0.2, 0.25) is 5.02 Å². The standard InChI is InChI=1S/C18H21ClN2O/c1-18(2,3)17(22)20-12-13-9-10-15(19)16(11-13)21-14-7-5-4-6-8-14/h4-11,21H,12H2,1-3H3,(H,20,22). The summed E-state index contributed by atoms with van der Waals surface area (Å²) in [7, 11) is 0. The topological polar surface area (TPSA) is 41.1 Å². The minimum absolute atomic E-state index is 0.0278.